The van der Waals surface area contributed by atoms with E-state index in [-0.39, 0.29) is 30.2 Å². The second-order valence-corrected chi connectivity index (χ2v) is 7.78. The van der Waals surface area contributed by atoms with Crippen LogP contribution in [0.1, 0.15) is 63.1 Å². The number of rotatable bonds is 5. The number of benzene rings is 1. The third kappa shape index (κ3) is 4.80. The summed E-state index contributed by atoms with van der Waals surface area (Å²) in [6.07, 6.45) is 7.40. The molecule has 0 spiro atoms. The van der Waals surface area contributed by atoms with Crippen LogP contribution in [-0.4, -0.2) is 38.2 Å². The molecule has 1 N–H and O–H groups in total. The summed E-state index contributed by atoms with van der Waals surface area (Å²) in [7, 11) is 0. The van der Waals surface area contributed by atoms with Crippen molar-refractivity contribution in [3.63, 3.8) is 0 Å². The molecule has 2 aromatic heterocycles. The lowest BCUT2D eigenvalue weighted by molar-refractivity contribution is 0.0599. The zero-order valence-electron chi connectivity index (χ0n) is 17.8. The van der Waals surface area contributed by atoms with Crippen LogP contribution in [-0.2, 0) is 6.54 Å². The van der Waals surface area contributed by atoms with Crippen molar-refractivity contribution in [1.29, 1.82) is 0 Å². The van der Waals surface area contributed by atoms with E-state index < -0.39 is 0 Å². The standard InChI is InChI=1S/C24H24FN5O2/c1-16-20(23(31)28-14-17-5-7-19(25)8-6-17)15-27-22(29-16)21-4-2-3-13-30(21)24(32)18-9-11-26-12-10-18/h5-12,15,21H,2-4,13-14H2,1H3,(H,28,31)/t21-/m0/s1. The van der Waals surface area contributed by atoms with Crippen LogP contribution in [0.25, 0.3) is 0 Å². The van der Waals surface area contributed by atoms with Crippen LogP contribution >= 0.6 is 0 Å². The highest BCUT2D eigenvalue weighted by atomic mass is 19.1. The summed E-state index contributed by atoms with van der Waals surface area (Å²) in [5.74, 6) is -0.148. The second-order valence-electron chi connectivity index (χ2n) is 7.78. The average Bonchev–Trinajstić information content (AvgIpc) is 2.83. The maximum atomic E-state index is 13.0. The molecule has 1 aromatic carbocycles. The van der Waals surface area contributed by atoms with E-state index in [1.807, 2.05) is 4.90 Å². The van der Waals surface area contributed by atoms with Crippen LogP contribution in [0.15, 0.2) is 55.0 Å². The molecular formula is C24H24FN5O2. The van der Waals surface area contributed by atoms with Gasteiger partial charge >= 0.3 is 0 Å². The summed E-state index contributed by atoms with van der Waals surface area (Å²) in [5.41, 5.74) is 2.30. The number of carbonyl (C=O) groups excluding carboxylic acids is 2. The zero-order valence-corrected chi connectivity index (χ0v) is 17.8. The molecule has 1 aliphatic rings. The summed E-state index contributed by atoms with van der Waals surface area (Å²) in [5, 5.41) is 2.81. The van der Waals surface area contributed by atoms with Crippen molar-refractivity contribution in [2.45, 2.75) is 38.8 Å². The van der Waals surface area contributed by atoms with Crippen molar-refractivity contribution in [3.8, 4) is 0 Å². The Bertz CT molecular complexity index is 1110. The Balaban J connectivity index is 1.49. The van der Waals surface area contributed by atoms with Gasteiger partial charge in [-0.1, -0.05) is 12.1 Å². The summed E-state index contributed by atoms with van der Waals surface area (Å²) in [6.45, 7) is 2.67. The molecule has 1 saturated heterocycles. The molecule has 0 radical (unpaired) electrons. The van der Waals surface area contributed by atoms with Gasteiger partial charge in [0.25, 0.3) is 11.8 Å². The highest BCUT2D eigenvalue weighted by molar-refractivity contribution is 5.95. The number of aromatic nitrogens is 3. The summed E-state index contributed by atoms with van der Waals surface area (Å²) in [4.78, 5) is 40.5. The molecule has 8 heteroatoms. The number of hydrogen-bond acceptors (Lipinski definition) is 5. The molecule has 0 bridgehead atoms. The number of carbonyl (C=O) groups is 2. The summed E-state index contributed by atoms with van der Waals surface area (Å²) >= 11 is 0. The Morgan fingerprint density at radius 2 is 1.88 bits per heavy atom. The number of nitrogens with zero attached hydrogens (tertiary/aromatic N) is 4. The summed E-state index contributed by atoms with van der Waals surface area (Å²) < 4.78 is 13.0. The number of pyridine rings is 1. The Labute approximate surface area is 185 Å². The van der Waals surface area contributed by atoms with Crippen molar-refractivity contribution in [3.05, 3.63) is 89.0 Å². The van der Waals surface area contributed by atoms with Crippen molar-refractivity contribution in [2.75, 3.05) is 6.54 Å². The van der Waals surface area contributed by atoms with Gasteiger partial charge < -0.3 is 10.2 Å². The molecule has 0 aliphatic carbocycles. The Kier molecular flexibility index (Phi) is 6.49. The first-order valence-electron chi connectivity index (χ1n) is 10.6. The molecule has 3 heterocycles. The lowest BCUT2D eigenvalue weighted by atomic mass is 10.00. The monoisotopic (exact) mass is 433 g/mol. The molecule has 0 unspecified atom stereocenters. The van der Waals surface area contributed by atoms with Gasteiger partial charge in [-0.25, -0.2) is 14.4 Å². The van der Waals surface area contributed by atoms with Crippen LogP contribution in [0.5, 0.6) is 0 Å². The maximum Gasteiger partial charge on any atom is 0.254 e. The highest BCUT2D eigenvalue weighted by Crippen LogP contribution is 2.30. The maximum absolute atomic E-state index is 13.0. The van der Waals surface area contributed by atoms with Gasteiger partial charge in [0.2, 0.25) is 0 Å². The number of amides is 2. The fraction of sp³-hybridized carbons (Fsp3) is 0.292. The van der Waals surface area contributed by atoms with Crippen LogP contribution in [0.2, 0.25) is 0 Å². The molecule has 7 nitrogen and oxygen atoms in total. The lowest BCUT2D eigenvalue weighted by Crippen LogP contribution is -2.39. The van der Waals surface area contributed by atoms with E-state index in [1.165, 1.54) is 18.3 Å². The predicted octanol–water partition coefficient (Wildman–Crippen LogP) is 3.62. The van der Waals surface area contributed by atoms with Crippen LogP contribution in [0.3, 0.4) is 0 Å². The van der Waals surface area contributed by atoms with Crippen LogP contribution < -0.4 is 5.32 Å². The molecule has 2 amide bonds. The predicted molar refractivity (Wildman–Crippen MR) is 116 cm³/mol. The van der Waals surface area contributed by atoms with E-state index in [9.17, 15) is 14.0 Å². The minimum Gasteiger partial charge on any atom is -0.348 e. The fourth-order valence-electron chi connectivity index (χ4n) is 3.85. The van der Waals surface area contributed by atoms with E-state index >= 15 is 0 Å². The Morgan fingerprint density at radius 1 is 1.12 bits per heavy atom. The number of nitrogens with one attached hydrogen (secondary N) is 1. The Hall–Kier alpha value is -3.68. The van der Waals surface area contributed by atoms with E-state index in [2.05, 4.69) is 20.3 Å². The third-order valence-corrected chi connectivity index (χ3v) is 5.60. The molecule has 32 heavy (non-hydrogen) atoms. The topological polar surface area (TPSA) is 88.1 Å². The molecule has 3 aromatic rings. The fourth-order valence-corrected chi connectivity index (χ4v) is 3.85. The largest absolute Gasteiger partial charge is 0.348 e. The van der Waals surface area contributed by atoms with E-state index in [4.69, 9.17) is 0 Å². The van der Waals surface area contributed by atoms with E-state index in [0.29, 0.717) is 29.2 Å². The first kappa shape index (κ1) is 21.5. The van der Waals surface area contributed by atoms with Gasteiger partial charge in [0.1, 0.15) is 5.82 Å². The van der Waals surface area contributed by atoms with Gasteiger partial charge in [0, 0.05) is 37.2 Å². The smallest absolute Gasteiger partial charge is 0.254 e. The van der Waals surface area contributed by atoms with Gasteiger partial charge in [-0.3, -0.25) is 14.6 Å². The van der Waals surface area contributed by atoms with Crippen molar-refractivity contribution < 1.29 is 14.0 Å². The molecule has 1 atom stereocenters. The number of aryl methyl sites for hydroxylation is 1. The molecule has 1 aliphatic heterocycles. The first-order valence-corrected chi connectivity index (χ1v) is 10.6. The van der Waals surface area contributed by atoms with Crippen molar-refractivity contribution in [2.24, 2.45) is 0 Å². The SMILES string of the molecule is Cc1nc([C@@H]2CCCCN2C(=O)c2ccncc2)ncc1C(=O)NCc1ccc(F)cc1. The van der Waals surface area contributed by atoms with Gasteiger partial charge in [-0.2, -0.15) is 0 Å². The van der Waals surface area contributed by atoms with Crippen molar-refractivity contribution >= 4 is 11.8 Å². The number of halogens is 1. The molecule has 1 fully saturated rings. The Morgan fingerprint density at radius 3 is 2.59 bits per heavy atom. The molecule has 0 saturated carbocycles. The van der Waals surface area contributed by atoms with Gasteiger partial charge in [-0.05, 0) is 56.0 Å². The molecule has 164 valence electrons. The summed E-state index contributed by atoms with van der Waals surface area (Å²) in [6, 6.07) is 9.13. The number of likely N-dealkylation sites (tertiary alicyclic amines) is 1. The number of hydrogen-bond donors (Lipinski definition) is 1. The highest BCUT2D eigenvalue weighted by Gasteiger charge is 2.31. The molecular weight excluding hydrogens is 409 g/mol. The van der Waals surface area contributed by atoms with Crippen LogP contribution in [0.4, 0.5) is 4.39 Å². The van der Waals surface area contributed by atoms with Crippen LogP contribution in [0, 0.1) is 12.7 Å². The van der Waals surface area contributed by atoms with Gasteiger partial charge in [0.05, 0.1) is 17.3 Å². The third-order valence-electron chi connectivity index (χ3n) is 5.60. The minimum atomic E-state index is -0.320. The molecule has 4 rings (SSSR count). The van der Waals surface area contributed by atoms with Crippen molar-refractivity contribution in [1.82, 2.24) is 25.2 Å². The lowest BCUT2D eigenvalue weighted by Gasteiger charge is -2.35. The van der Waals surface area contributed by atoms with E-state index in [0.717, 1.165) is 24.8 Å². The normalized spacial score (nSPS) is 15.9. The zero-order chi connectivity index (χ0) is 22.5. The quantitative estimate of drug-likeness (QED) is 0.664. The van der Waals surface area contributed by atoms with E-state index in [1.54, 1.807) is 43.6 Å². The van der Waals surface area contributed by atoms with Gasteiger partial charge in [-0.15, -0.1) is 0 Å². The number of piperidine rings is 1. The average molecular weight is 433 g/mol. The van der Waals surface area contributed by atoms with Gasteiger partial charge in [0.15, 0.2) is 5.82 Å². The minimum absolute atomic E-state index is 0.0699. The second kappa shape index (κ2) is 9.64. The first-order chi connectivity index (χ1) is 15.5.